The molecule has 2 heterocycles. The third-order valence-corrected chi connectivity index (χ3v) is 4.57. The number of hydrogen-bond acceptors (Lipinski definition) is 5. The van der Waals surface area contributed by atoms with E-state index in [1.807, 2.05) is 18.4 Å². The van der Waals surface area contributed by atoms with E-state index in [9.17, 15) is 4.79 Å². The van der Waals surface area contributed by atoms with Crippen molar-refractivity contribution in [3.05, 3.63) is 21.9 Å². The van der Waals surface area contributed by atoms with Gasteiger partial charge in [-0.3, -0.25) is 10.2 Å². The Labute approximate surface area is 122 Å². The van der Waals surface area contributed by atoms with Crippen LogP contribution in [0.5, 0.6) is 0 Å². The summed E-state index contributed by atoms with van der Waals surface area (Å²) in [5.74, 6) is 0.0289. The van der Waals surface area contributed by atoms with Crippen LogP contribution in [0.15, 0.2) is 11.4 Å². The molecule has 1 aromatic heterocycles. The zero-order valence-corrected chi connectivity index (χ0v) is 12.4. The van der Waals surface area contributed by atoms with E-state index in [4.69, 9.17) is 15.9 Å². The first-order valence-corrected chi connectivity index (χ1v) is 7.38. The zero-order chi connectivity index (χ0) is 14.7. The lowest BCUT2D eigenvalue weighted by Gasteiger charge is -2.16. The van der Waals surface area contributed by atoms with Gasteiger partial charge in [-0.25, -0.2) is 0 Å². The second kappa shape index (κ2) is 6.34. The number of carbonyl (C=O) groups is 1. The first-order valence-electron chi connectivity index (χ1n) is 6.50. The Hall–Kier alpha value is -1.44. The smallest absolute Gasteiger partial charge is 0.237 e. The molecular formula is C13H20N4O2S. The molecule has 2 rings (SSSR count). The van der Waals surface area contributed by atoms with Gasteiger partial charge in [-0.2, -0.15) is 0 Å². The Morgan fingerprint density at radius 1 is 1.70 bits per heavy atom. The minimum Gasteiger partial charge on any atom is -0.384 e. The predicted molar refractivity (Wildman–Crippen MR) is 79.1 cm³/mol. The van der Waals surface area contributed by atoms with Gasteiger partial charge in [0, 0.05) is 29.5 Å². The predicted octanol–water partition coefficient (Wildman–Crippen LogP) is 0.586. The van der Waals surface area contributed by atoms with Crippen LogP contribution in [0, 0.1) is 5.41 Å². The van der Waals surface area contributed by atoms with Gasteiger partial charge in [-0.1, -0.05) is 0 Å². The number of carbonyl (C=O) groups excluding carboxylic acids is 1. The summed E-state index contributed by atoms with van der Waals surface area (Å²) < 4.78 is 5.23. The fourth-order valence-electron chi connectivity index (χ4n) is 2.19. The zero-order valence-electron chi connectivity index (χ0n) is 11.6. The van der Waals surface area contributed by atoms with Gasteiger partial charge in [0.05, 0.1) is 18.2 Å². The Kier molecular flexibility index (Phi) is 4.74. The van der Waals surface area contributed by atoms with Crippen molar-refractivity contribution in [3.63, 3.8) is 0 Å². The van der Waals surface area contributed by atoms with Crippen molar-refractivity contribution in [2.24, 2.45) is 5.73 Å². The first kappa shape index (κ1) is 15.0. The SMILES string of the molecule is CO[C@H]1CN[C@H](C(=O)N[C@H](C)c2cc(C(=N)N)cs2)C1. The summed E-state index contributed by atoms with van der Waals surface area (Å²) in [6.07, 6.45) is 0.796. The molecule has 1 amide bonds. The summed E-state index contributed by atoms with van der Waals surface area (Å²) in [5.41, 5.74) is 6.14. The maximum Gasteiger partial charge on any atom is 0.237 e. The second-order valence-electron chi connectivity index (χ2n) is 4.94. The maximum absolute atomic E-state index is 12.1. The lowest BCUT2D eigenvalue weighted by molar-refractivity contribution is -0.123. The quantitative estimate of drug-likeness (QED) is 0.472. The van der Waals surface area contributed by atoms with Crippen molar-refractivity contribution in [1.29, 1.82) is 5.41 Å². The Morgan fingerprint density at radius 3 is 3.00 bits per heavy atom. The van der Waals surface area contributed by atoms with E-state index in [-0.39, 0.29) is 29.9 Å². The number of rotatable bonds is 5. The largest absolute Gasteiger partial charge is 0.384 e. The molecule has 0 bridgehead atoms. The average Bonchev–Trinajstić information content (AvgIpc) is 3.07. The normalized spacial score (nSPS) is 23.5. The van der Waals surface area contributed by atoms with Crippen LogP contribution in [-0.2, 0) is 9.53 Å². The number of nitrogens with one attached hydrogen (secondary N) is 3. The number of amidine groups is 1. The molecule has 110 valence electrons. The van der Waals surface area contributed by atoms with Crippen LogP contribution in [0.3, 0.4) is 0 Å². The van der Waals surface area contributed by atoms with Crippen molar-refractivity contribution >= 4 is 23.1 Å². The van der Waals surface area contributed by atoms with Crippen LogP contribution in [0.25, 0.3) is 0 Å². The van der Waals surface area contributed by atoms with E-state index < -0.39 is 0 Å². The summed E-state index contributed by atoms with van der Waals surface area (Å²) in [6, 6.07) is 1.55. The lowest BCUT2D eigenvalue weighted by Crippen LogP contribution is -2.41. The van der Waals surface area contributed by atoms with Gasteiger partial charge in [-0.05, 0) is 19.4 Å². The Morgan fingerprint density at radius 2 is 2.45 bits per heavy atom. The molecule has 3 atom stereocenters. The number of nitrogens with two attached hydrogens (primary N) is 1. The molecule has 1 fully saturated rings. The number of amides is 1. The molecule has 20 heavy (non-hydrogen) atoms. The van der Waals surface area contributed by atoms with E-state index in [1.54, 1.807) is 7.11 Å². The summed E-state index contributed by atoms with van der Waals surface area (Å²) in [5, 5.41) is 15.3. The van der Waals surface area contributed by atoms with E-state index in [0.717, 1.165) is 4.88 Å². The minimum atomic E-state index is -0.199. The topological polar surface area (TPSA) is 100 Å². The summed E-state index contributed by atoms with van der Waals surface area (Å²) in [6.45, 7) is 2.63. The molecule has 0 unspecified atom stereocenters. The monoisotopic (exact) mass is 296 g/mol. The lowest BCUT2D eigenvalue weighted by atomic mass is 10.1. The average molecular weight is 296 g/mol. The van der Waals surface area contributed by atoms with Crippen molar-refractivity contribution < 1.29 is 9.53 Å². The molecule has 6 nitrogen and oxygen atoms in total. The highest BCUT2D eigenvalue weighted by Crippen LogP contribution is 2.22. The molecule has 0 aromatic carbocycles. The van der Waals surface area contributed by atoms with Crippen molar-refractivity contribution in [2.45, 2.75) is 31.5 Å². The third kappa shape index (κ3) is 3.36. The highest BCUT2D eigenvalue weighted by Gasteiger charge is 2.30. The number of ether oxygens (including phenoxy) is 1. The summed E-state index contributed by atoms with van der Waals surface area (Å²) in [7, 11) is 1.66. The molecule has 1 aromatic rings. The van der Waals surface area contributed by atoms with Crippen LogP contribution in [0.4, 0.5) is 0 Å². The highest BCUT2D eigenvalue weighted by molar-refractivity contribution is 7.10. The Balaban J connectivity index is 1.92. The molecule has 0 radical (unpaired) electrons. The standard InChI is InChI=1S/C13H20N4O2S/c1-7(11-3-8(6-20-11)12(14)15)17-13(18)10-4-9(19-2)5-16-10/h3,6-7,9-10,16H,4-5H2,1-2H3,(H3,14,15)(H,17,18)/t7-,9-,10+/m1/s1. The van der Waals surface area contributed by atoms with Crippen molar-refractivity contribution in [2.75, 3.05) is 13.7 Å². The fourth-order valence-corrected chi connectivity index (χ4v) is 3.10. The molecule has 0 spiro atoms. The molecule has 1 aliphatic rings. The molecule has 1 saturated heterocycles. The van der Waals surface area contributed by atoms with Crippen LogP contribution in [0.1, 0.15) is 29.8 Å². The van der Waals surface area contributed by atoms with Gasteiger partial charge in [0.2, 0.25) is 5.91 Å². The van der Waals surface area contributed by atoms with Gasteiger partial charge in [0.1, 0.15) is 5.84 Å². The maximum atomic E-state index is 12.1. The Bertz CT molecular complexity index is 502. The number of nitrogen functional groups attached to an aromatic ring is 1. The first-order chi connectivity index (χ1) is 9.51. The van der Waals surface area contributed by atoms with Crippen LogP contribution in [0.2, 0.25) is 0 Å². The van der Waals surface area contributed by atoms with Gasteiger partial charge < -0.3 is 21.1 Å². The van der Waals surface area contributed by atoms with Gasteiger partial charge in [0.15, 0.2) is 0 Å². The van der Waals surface area contributed by atoms with Crippen LogP contribution < -0.4 is 16.4 Å². The molecule has 0 aliphatic carbocycles. The van der Waals surface area contributed by atoms with E-state index >= 15 is 0 Å². The molecule has 0 saturated carbocycles. The number of thiophene rings is 1. The molecular weight excluding hydrogens is 276 g/mol. The minimum absolute atomic E-state index is 0.0187. The van der Waals surface area contributed by atoms with Gasteiger partial charge in [0.25, 0.3) is 0 Å². The third-order valence-electron chi connectivity index (χ3n) is 3.46. The number of hydrogen-bond donors (Lipinski definition) is 4. The summed E-state index contributed by atoms with van der Waals surface area (Å²) in [4.78, 5) is 13.1. The van der Waals surface area contributed by atoms with E-state index in [2.05, 4.69) is 10.6 Å². The summed E-state index contributed by atoms with van der Waals surface area (Å²) >= 11 is 1.49. The molecule has 1 aliphatic heterocycles. The second-order valence-corrected chi connectivity index (χ2v) is 5.88. The van der Waals surface area contributed by atoms with Crippen LogP contribution >= 0.6 is 11.3 Å². The molecule has 5 N–H and O–H groups in total. The van der Waals surface area contributed by atoms with Crippen LogP contribution in [-0.4, -0.2) is 37.5 Å². The number of methoxy groups -OCH3 is 1. The fraction of sp³-hybridized carbons (Fsp3) is 0.538. The molecule has 7 heteroatoms. The van der Waals surface area contributed by atoms with Gasteiger partial charge in [-0.15, -0.1) is 11.3 Å². The van der Waals surface area contributed by atoms with Crippen molar-refractivity contribution in [3.8, 4) is 0 Å². The van der Waals surface area contributed by atoms with E-state index in [1.165, 1.54) is 11.3 Å². The van der Waals surface area contributed by atoms with Gasteiger partial charge >= 0.3 is 0 Å². The highest BCUT2D eigenvalue weighted by atomic mass is 32.1. The van der Waals surface area contributed by atoms with Crippen molar-refractivity contribution in [1.82, 2.24) is 10.6 Å². The van der Waals surface area contributed by atoms with E-state index in [0.29, 0.717) is 18.5 Å².